The Balaban J connectivity index is 3.05. The van der Waals surface area contributed by atoms with Crippen LogP contribution in [0.15, 0.2) is 23.0 Å². The SMILES string of the molecule is COC(=O)C(C)(O)Cn1c(C)cccc1=O. The zero-order valence-electron chi connectivity index (χ0n) is 9.56. The molecule has 0 aromatic carbocycles. The fraction of sp³-hybridized carbons (Fsp3) is 0.455. The number of rotatable bonds is 3. The van der Waals surface area contributed by atoms with E-state index in [-0.39, 0.29) is 12.1 Å². The van der Waals surface area contributed by atoms with E-state index in [1.165, 1.54) is 24.7 Å². The van der Waals surface area contributed by atoms with Crippen LogP contribution in [-0.4, -0.2) is 28.4 Å². The highest BCUT2D eigenvalue weighted by Gasteiger charge is 2.32. The second-order valence-electron chi connectivity index (χ2n) is 3.86. The summed E-state index contributed by atoms with van der Waals surface area (Å²) in [5, 5.41) is 9.85. The molecule has 1 unspecified atom stereocenters. The number of aromatic nitrogens is 1. The van der Waals surface area contributed by atoms with Gasteiger partial charge in [-0.15, -0.1) is 0 Å². The topological polar surface area (TPSA) is 68.5 Å². The minimum Gasteiger partial charge on any atom is -0.467 e. The lowest BCUT2D eigenvalue weighted by Crippen LogP contribution is -2.43. The summed E-state index contributed by atoms with van der Waals surface area (Å²) in [6, 6.07) is 4.73. The van der Waals surface area contributed by atoms with Crippen molar-refractivity contribution in [1.82, 2.24) is 4.57 Å². The maximum atomic E-state index is 11.5. The number of methoxy groups -OCH3 is 1. The fourth-order valence-electron chi connectivity index (χ4n) is 1.42. The van der Waals surface area contributed by atoms with Gasteiger partial charge in [-0.1, -0.05) is 6.07 Å². The van der Waals surface area contributed by atoms with Crippen LogP contribution in [0.3, 0.4) is 0 Å². The summed E-state index contributed by atoms with van der Waals surface area (Å²) in [7, 11) is 1.19. The van der Waals surface area contributed by atoms with E-state index in [0.717, 1.165) is 0 Å². The van der Waals surface area contributed by atoms with Gasteiger partial charge in [0.2, 0.25) is 0 Å². The molecule has 1 N–H and O–H groups in total. The Labute approximate surface area is 93.3 Å². The molecule has 0 radical (unpaired) electrons. The number of aliphatic hydroxyl groups is 1. The lowest BCUT2D eigenvalue weighted by Gasteiger charge is -2.22. The Bertz CT molecular complexity index is 448. The van der Waals surface area contributed by atoms with Crippen LogP contribution in [0.2, 0.25) is 0 Å². The predicted octanol–water partition coefficient (Wildman–Crippen LogP) is 0.0807. The highest BCUT2D eigenvalue weighted by molar-refractivity contribution is 5.78. The van der Waals surface area contributed by atoms with Gasteiger partial charge in [-0.3, -0.25) is 4.79 Å². The van der Waals surface area contributed by atoms with Crippen LogP contribution in [0.25, 0.3) is 0 Å². The van der Waals surface area contributed by atoms with Crippen molar-refractivity contribution in [2.24, 2.45) is 0 Å². The van der Waals surface area contributed by atoms with Gasteiger partial charge in [-0.25, -0.2) is 4.79 Å². The third-order valence-corrected chi connectivity index (χ3v) is 2.36. The van der Waals surface area contributed by atoms with E-state index in [4.69, 9.17) is 0 Å². The summed E-state index contributed by atoms with van der Waals surface area (Å²) in [6.07, 6.45) is 0. The molecule has 5 nitrogen and oxygen atoms in total. The third-order valence-electron chi connectivity index (χ3n) is 2.36. The number of nitrogens with zero attached hydrogens (tertiary/aromatic N) is 1. The Morgan fingerprint density at radius 3 is 2.69 bits per heavy atom. The monoisotopic (exact) mass is 225 g/mol. The van der Waals surface area contributed by atoms with Crippen LogP contribution in [0, 0.1) is 6.92 Å². The van der Waals surface area contributed by atoms with Crippen molar-refractivity contribution in [2.75, 3.05) is 7.11 Å². The average molecular weight is 225 g/mol. The molecule has 0 saturated carbocycles. The molecule has 0 aliphatic carbocycles. The molecule has 0 amide bonds. The van der Waals surface area contributed by atoms with Gasteiger partial charge in [-0.05, 0) is 19.9 Å². The molecule has 88 valence electrons. The van der Waals surface area contributed by atoms with E-state index in [1.54, 1.807) is 19.1 Å². The summed E-state index contributed by atoms with van der Waals surface area (Å²) >= 11 is 0. The second kappa shape index (κ2) is 4.49. The van der Waals surface area contributed by atoms with E-state index in [9.17, 15) is 14.7 Å². The van der Waals surface area contributed by atoms with Gasteiger partial charge in [0.1, 0.15) is 0 Å². The van der Waals surface area contributed by atoms with Crippen molar-refractivity contribution in [2.45, 2.75) is 26.0 Å². The molecule has 1 atom stereocenters. The van der Waals surface area contributed by atoms with Crippen LogP contribution < -0.4 is 5.56 Å². The summed E-state index contributed by atoms with van der Waals surface area (Å²) in [6.45, 7) is 2.93. The predicted molar refractivity (Wildman–Crippen MR) is 58.1 cm³/mol. The number of esters is 1. The van der Waals surface area contributed by atoms with E-state index in [1.807, 2.05) is 0 Å². The molecule has 5 heteroatoms. The number of ether oxygens (including phenoxy) is 1. The summed E-state index contributed by atoms with van der Waals surface area (Å²) in [5.74, 6) is -0.761. The smallest absolute Gasteiger partial charge is 0.339 e. The molecule has 1 aromatic heterocycles. The van der Waals surface area contributed by atoms with Gasteiger partial charge in [0.25, 0.3) is 5.56 Å². The first-order valence-electron chi connectivity index (χ1n) is 4.86. The first-order valence-corrected chi connectivity index (χ1v) is 4.86. The van der Waals surface area contributed by atoms with E-state index in [0.29, 0.717) is 5.69 Å². The number of pyridine rings is 1. The standard InChI is InChI=1S/C11H15NO4/c1-8-5-4-6-9(13)12(8)7-11(2,15)10(14)16-3/h4-6,15H,7H2,1-3H3. The second-order valence-corrected chi connectivity index (χ2v) is 3.86. The molecule has 0 aliphatic rings. The first kappa shape index (κ1) is 12.4. The van der Waals surface area contributed by atoms with Gasteiger partial charge >= 0.3 is 5.97 Å². The van der Waals surface area contributed by atoms with E-state index < -0.39 is 11.6 Å². The van der Waals surface area contributed by atoms with Crippen LogP contribution in [-0.2, 0) is 16.1 Å². The zero-order chi connectivity index (χ0) is 12.3. The van der Waals surface area contributed by atoms with Crippen LogP contribution >= 0.6 is 0 Å². The summed E-state index contributed by atoms with van der Waals surface area (Å²) < 4.78 is 5.79. The largest absolute Gasteiger partial charge is 0.467 e. The number of aryl methyl sites for hydroxylation is 1. The van der Waals surface area contributed by atoms with Gasteiger partial charge < -0.3 is 14.4 Å². The lowest BCUT2D eigenvalue weighted by molar-refractivity contribution is -0.161. The molecule has 1 heterocycles. The van der Waals surface area contributed by atoms with Gasteiger partial charge in [0, 0.05) is 11.8 Å². The number of carbonyl (C=O) groups is 1. The Hall–Kier alpha value is -1.62. The van der Waals surface area contributed by atoms with Crippen molar-refractivity contribution in [3.05, 3.63) is 34.2 Å². The average Bonchev–Trinajstić information content (AvgIpc) is 2.22. The summed E-state index contributed by atoms with van der Waals surface area (Å²) in [5.41, 5.74) is -1.29. The van der Waals surface area contributed by atoms with Gasteiger partial charge in [-0.2, -0.15) is 0 Å². The molecule has 0 spiro atoms. The first-order chi connectivity index (χ1) is 7.38. The normalized spacial score (nSPS) is 14.2. The zero-order valence-corrected chi connectivity index (χ0v) is 9.56. The molecule has 1 aromatic rings. The minimum absolute atomic E-state index is 0.120. The molecule has 0 bridgehead atoms. The Kier molecular flexibility index (Phi) is 3.49. The number of carbonyl (C=O) groups excluding carboxylic acids is 1. The lowest BCUT2D eigenvalue weighted by atomic mass is 10.1. The molecular formula is C11H15NO4. The summed E-state index contributed by atoms with van der Waals surface area (Å²) in [4.78, 5) is 22.8. The molecule has 0 saturated heterocycles. The quantitative estimate of drug-likeness (QED) is 0.740. The van der Waals surface area contributed by atoms with Crippen LogP contribution in [0.1, 0.15) is 12.6 Å². The third kappa shape index (κ3) is 2.49. The molecular weight excluding hydrogens is 210 g/mol. The maximum absolute atomic E-state index is 11.5. The Morgan fingerprint density at radius 1 is 1.56 bits per heavy atom. The van der Waals surface area contributed by atoms with Crippen molar-refractivity contribution in [3.63, 3.8) is 0 Å². The number of hydrogen-bond acceptors (Lipinski definition) is 4. The van der Waals surface area contributed by atoms with E-state index >= 15 is 0 Å². The highest BCUT2D eigenvalue weighted by Crippen LogP contribution is 2.09. The van der Waals surface area contributed by atoms with Crippen molar-refractivity contribution >= 4 is 5.97 Å². The number of hydrogen-bond donors (Lipinski definition) is 1. The van der Waals surface area contributed by atoms with Crippen LogP contribution in [0.5, 0.6) is 0 Å². The molecule has 0 aliphatic heterocycles. The van der Waals surface area contributed by atoms with Gasteiger partial charge in [0.05, 0.1) is 13.7 Å². The highest BCUT2D eigenvalue weighted by atomic mass is 16.5. The fourth-order valence-corrected chi connectivity index (χ4v) is 1.42. The van der Waals surface area contributed by atoms with Gasteiger partial charge in [0.15, 0.2) is 5.60 Å². The molecule has 16 heavy (non-hydrogen) atoms. The van der Waals surface area contributed by atoms with Crippen molar-refractivity contribution < 1.29 is 14.6 Å². The van der Waals surface area contributed by atoms with Crippen LogP contribution in [0.4, 0.5) is 0 Å². The molecule has 0 fully saturated rings. The molecule has 1 rings (SSSR count). The minimum atomic E-state index is -1.70. The van der Waals surface area contributed by atoms with E-state index in [2.05, 4.69) is 4.74 Å². The Morgan fingerprint density at radius 2 is 2.19 bits per heavy atom. The van der Waals surface area contributed by atoms with Crippen molar-refractivity contribution in [3.8, 4) is 0 Å². The maximum Gasteiger partial charge on any atom is 0.339 e. The van der Waals surface area contributed by atoms with Crippen molar-refractivity contribution in [1.29, 1.82) is 0 Å².